The second-order valence-electron chi connectivity index (χ2n) is 10.5. The van der Waals surface area contributed by atoms with E-state index in [1.54, 1.807) is 36.4 Å². The lowest BCUT2D eigenvalue weighted by molar-refractivity contribution is -0.117. The van der Waals surface area contributed by atoms with Crippen molar-refractivity contribution in [3.8, 4) is 17.0 Å². The summed E-state index contributed by atoms with van der Waals surface area (Å²) in [6.07, 6.45) is 0. The monoisotopic (exact) mass is 624 g/mol. The maximum absolute atomic E-state index is 13.7. The van der Waals surface area contributed by atoms with Crippen LogP contribution in [0, 0.1) is 0 Å². The molecule has 0 spiro atoms. The minimum Gasteiger partial charge on any atom is -0.495 e. The zero-order chi connectivity index (χ0) is 30.6. The number of carbonyl (C=O) groups excluding carboxylic acids is 1. The molecule has 0 saturated carbocycles. The number of carbonyl (C=O) groups is 1. The summed E-state index contributed by atoms with van der Waals surface area (Å²) in [5.74, 6) is 0.219. The van der Waals surface area contributed by atoms with Crippen molar-refractivity contribution in [3.05, 3.63) is 60.0 Å². The van der Waals surface area contributed by atoms with Gasteiger partial charge in [0.15, 0.2) is 5.13 Å². The molecule has 1 aliphatic rings. The van der Waals surface area contributed by atoms with Gasteiger partial charge in [-0.15, -0.1) is 11.3 Å². The van der Waals surface area contributed by atoms with Crippen LogP contribution < -0.4 is 19.7 Å². The highest BCUT2D eigenvalue weighted by Crippen LogP contribution is 2.35. The largest absolute Gasteiger partial charge is 0.495 e. The average molecular weight is 625 g/mol. The van der Waals surface area contributed by atoms with Gasteiger partial charge < -0.3 is 20.1 Å². The summed E-state index contributed by atoms with van der Waals surface area (Å²) in [5, 5.41) is 15.7. The Morgan fingerprint density at radius 3 is 2.49 bits per heavy atom. The predicted octanol–water partition coefficient (Wildman–Crippen LogP) is 3.39. The summed E-state index contributed by atoms with van der Waals surface area (Å²) < 4.78 is 35.6. The molecule has 0 radical (unpaired) electrons. The van der Waals surface area contributed by atoms with Crippen LogP contribution >= 0.6 is 11.3 Å². The standard InChI is InChI=1S/C30H36N6O5S2/c1-34(2)26-8-4-7-23-22(26)6-5-9-28(23)43(39,40)33-24-18-21(10-11-27(24)41-3)25-20-42-30(31-25)32-29(38)19-36-14-12-35(13-15-36)16-17-37/h4-11,18,20,33,37H,12-17,19H2,1-3H3,(H,31,32,38). The molecule has 4 aromatic rings. The van der Waals surface area contributed by atoms with Gasteiger partial charge in [0.2, 0.25) is 5.91 Å². The van der Waals surface area contributed by atoms with Crippen molar-refractivity contribution in [3.63, 3.8) is 0 Å². The van der Waals surface area contributed by atoms with Gasteiger partial charge in [0, 0.05) is 74.2 Å². The number of hydrogen-bond acceptors (Lipinski definition) is 10. The number of thiazole rings is 1. The highest BCUT2D eigenvalue weighted by Gasteiger charge is 2.22. The normalized spacial score (nSPS) is 14.5. The van der Waals surface area contributed by atoms with Gasteiger partial charge in [-0.1, -0.05) is 24.3 Å². The molecule has 13 heteroatoms. The fourth-order valence-electron chi connectivity index (χ4n) is 5.17. The zero-order valence-electron chi connectivity index (χ0n) is 24.4. The number of hydrogen-bond donors (Lipinski definition) is 3. The van der Waals surface area contributed by atoms with Crippen LogP contribution in [0.2, 0.25) is 0 Å². The molecule has 43 heavy (non-hydrogen) atoms. The number of aliphatic hydroxyl groups excluding tert-OH is 1. The number of nitrogens with zero attached hydrogens (tertiary/aromatic N) is 4. The first-order valence-corrected chi connectivity index (χ1v) is 16.3. The van der Waals surface area contributed by atoms with Crippen LogP contribution in [0.1, 0.15) is 0 Å². The average Bonchev–Trinajstić information content (AvgIpc) is 3.45. The molecule has 0 unspecified atom stereocenters. The van der Waals surface area contributed by atoms with Crippen LogP contribution in [-0.2, 0) is 14.8 Å². The van der Waals surface area contributed by atoms with Crippen LogP contribution in [0.15, 0.2) is 64.9 Å². The maximum Gasteiger partial charge on any atom is 0.262 e. The van der Waals surface area contributed by atoms with Crippen LogP contribution in [-0.4, -0.2) is 101 Å². The third-order valence-electron chi connectivity index (χ3n) is 7.37. The number of benzene rings is 3. The number of fused-ring (bicyclic) bond motifs is 1. The van der Waals surface area contributed by atoms with E-state index in [0.29, 0.717) is 34.1 Å². The SMILES string of the molecule is COc1ccc(-c2csc(NC(=O)CN3CCN(CCO)CC3)n2)cc1NS(=O)(=O)c1cccc2c(N(C)C)cccc12. The van der Waals surface area contributed by atoms with Gasteiger partial charge in [0.1, 0.15) is 5.75 Å². The molecule has 1 amide bonds. The number of β-amino-alcohol motifs (C(OH)–C–C–N with tert-alkyl or cyclic N) is 1. The first-order chi connectivity index (χ1) is 20.7. The lowest BCUT2D eigenvalue weighted by atomic mass is 10.1. The summed E-state index contributed by atoms with van der Waals surface area (Å²) in [6.45, 7) is 4.20. The van der Waals surface area contributed by atoms with Gasteiger partial charge in [-0.05, 0) is 30.3 Å². The van der Waals surface area contributed by atoms with Crippen molar-refractivity contribution >= 4 is 54.5 Å². The summed E-state index contributed by atoms with van der Waals surface area (Å²) in [7, 11) is 1.33. The number of aromatic nitrogens is 1. The van der Waals surface area contributed by atoms with E-state index in [2.05, 4.69) is 24.8 Å². The van der Waals surface area contributed by atoms with E-state index in [1.807, 2.05) is 42.6 Å². The Morgan fingerprint density at radius 1 is 1.05 bits per heavy atom. The molecule has 1 aliphatic heterocycles. The molecule has 0 aliphatic carbocycles. The Labute approximate surface area is 255 Å². The molecule has 0 atom stereocenters. The highest BCUT2D eigenvalue weighted by atomic mass is 32.2. The molecular formula is C30H36N6O5S2. The molecule has 5 rings (SSSR count). The van der Waals surface area contributed by atoms with E-state index in [0.717, 1.165) is 37.3 Å². The van der Waals surface area contributed by atoms with E-state index < -0.39 is 10.0 Å². The fraction of sp³-hybridized carbons (Fsp3) is 0.333. The van der Waals surface area contributed by atoms with Gasteiger partial charge in [-0.25, -0.2) is 13.4 Å². The number of rotatable bonds is 11. The Morgan fingerprint density at radius 2 is 1.77 bits per heavy atom. The van der Waals surface area contributed by atoms with Crippen LogP contribution in [0.3, 0.4) is 0 Å². The number of aliphatic hydroxyl groups is 1. The summed E-state index contributed by atoms with van der Waals surface area (Å²) in [4.78, 5) is 23.6. The van der Waals surface area contributed by atoms with E-state index in [9.17, 15) is 13.2 Å². The third kappa shape index (κ3) is 7.08. The number of methoxy groups -OCH3 is 1. The zero-order valence-corrected chi connectivity index (χ0v) is 26.0. The molecule has 1 saturated heterocycles. The molecular weight excluding hydrogens is 589 g/mol. The van der Waals surface area contributed by atoms with Crippen LogP contribution in [0.5, 0.6) is 5.75 Å². The first kappa shape index (κ1) is 30.7. The van der Waals surface area contributed by atoms with Crippen molar-refractivity contribution in [2.75, 3.05) is 82.0 Å². The lowest BCUT2D eigenvalue weighted by Gasteiger charge is -2.33. The topological polar surface area (TPSA) is 127 Å². The molecule has 1 aromatic heterocycles. The Bertz CT molecular complexity index is 1700. The number of nitrogens with one attached hydrogen (secondary N) is 2. The summed E-state index contributed by atoms with van der Waals surface area (Å²) >= 11 is 1.30. The number of piperazine rings is 1. The second-order valence-corrected chi connectivity index (χ2v) is 13.0. The Kier molecular flexibility index (Phi) is 9.47. The van der Waals surface area contributed by atoms with Crippen molar-refractivity contribution < 1.29 is 23.1 Å². The fourth-order valence-corrected chi connectivity index (χ4v) is 7.19. The summed E-state index contributed by atoms with van der Waals surface area (Å²) in [6, 6.07) is 16.0. The van der Waals surface area contributed by atoms with Crippen molar-refractivity contribution in [2.45, 2.75) is 4.90 Å². The van der Waals surface area contributed by atoms with E-state index in [-0.39, 0.29) is 29.6 Å². The first-order valence-electron chi connectivity index (χ1n) is 13.9. The quantitative estimate of drug-likeness (QED) is 0.230. The number of ether oxygens (including phenoxy) is 1. The second kappa shape index (κ2) is 13.3. The Balaban J connectivity index is 1.32. The van der Waals surface area contributed by atoms with E-state index >= 15 is 0 Å². The molecule has 1 fully saturated rings. The minimum absolute atomic E-state index is 0.135. The van der Waals surface area contributed by atoms with Gasteiger partial charge in [0.25, 0.3) is 10.0 Å². The highest BCUT2D eigenvalue weighted by molar-refractivity contribution is 7.93. The van der Waals surface area contributed by atoms with E-state index in [1.165, 1.54) is 18.4 Å². The predicted molar refractivity (Wildman–Crippen MR) is 172 cm³/mol. The van der Waals surface area contributed by atoms with Crippen molar-refractivity contribution in [2.24, 2.45) is 0 Å². The van der Waals surface area contributed by atoms with Gasteiger partial charge in [0.05, 0.1) is 36.5 Å². The van der Waals surface area contributed by atoms with Gasteiger partial charge in [-0.2, -0.15) is 0 Å². The van der Waals surface area contributed by atoms with Gasteiger partial charge >= 0.3 is 0 Å². The van der Waals surface area contributed by atoms with Crippen molar-refractivity contribution in [1.29, 1.82) is 0 Å². The van der Waals surface area contributed by atoms with E-state index in [4.69, 9.17) is 9.84 Å². The molecule has 0 bridgehead atoms. The van der Waals surface area contributed by atoms with Crippen LogP contribution in [0.4, 0.5) is 16.5 Å². The van der Waals surface area contributed by atoms with Crippen molar-refractivity contribution in [1.82, 2.24) is 14.8 Å². The minimum atomic E-state index is -3.99. The number of amides is 1. The number of anilines is 3. The Hall–Kier alpha value is -3.75. The molecule has 11 nitrogen and oxygen atoms in total. The smallest absolute Gasteiger partial charge is 0.262 e. The molecule has 3 aromatic carbocycles. The molecule has 2 heterocycles. The molecule has 228 valence electrons. The lowest BCUT2D eigenvalue weighted by Crippen LogP contribution is -2.49. The molecule has 3 N–H and O–H groups in total. The maximum atomic E-state index is 13.7. The van der Waals surface area contributed by atoms with Crippen LogP contribution in [0.25, 0.3) is 22.0 Å². The number of sulfonamides is 1. The third-order valence-corrected chi connectivity index (χ3v) is 9.55. The summed E-state index contributed by atoms with van der Waals surface area (Å²) in [5.41, 5.74) is 2.46. The van der Waals surface area contributed by atoms with Gasteiger partial charge in [-0.3, -0.25) is 19.3 Å².